The Bertz CT molecular complexity index is 685. The van der Waals surface area contributed by atoms with Crippen LogP contribution in [0.4, 0.5) is 0 Å². The van der Waals surface area contributed by atoms with E-state index in [1.165, 1.54) is 0 Å². The number of hydrogen-bond donors (Lipinski definition) is 2. The molecule has 0 heterocycles. The average Bonchev–Trinajstić information content (AvgIpc) is 2.48. The monoisotopic (exact) mass is 410 g/mol. The molecule has 0 aliphatic rings. The Balaban J connectivity index is 1.98. The molecule has 0 spiro atoms. The van der Waals surface area contributed by atoms with Crippen molar-refractivity contribution in [2.75, 3.05) is 0 Å². The van der Waals surface area contributed by atoms with E-state index in [0.29, 0.717) is 11.1 Å². The zero-order valence-corrected chi connectivity index (χ0v) is 14.3. The van der Waals surface area contributed by atoms with Gasteiger partial charge in [0, 0.05) is 20.1 Å². The molecule has 0 saturated carbocycles. The first-order chi connectivity index (χ1) is 9.97. The summed E-state index contributed by atoms with van der Waals surface area (Å²) >= 11 is 6.66. The molecule has 2 amide bonds. The first kappa shape index (κ1) is 15.7. The van der Waals surface area contributed by atoms with Gasteiger partial charge in [-0.2, -0.15) is 0 Å². The predicted molar refractivity (Wildman–Crippen MR) is 88.0 cm³/mol. The number of hydrazine groups is 1. The highest BCUT2D eigenvalue weighted by atomic mass is 79.9. The van der Waals surface area contributed by atoms with E-state index in [0.717, 1.165) is 14.5 Å². The molecule has 2 aromatic rings. The molecule has 108 valence electrons. The molecule has 2 rings (SSSR count). The van der Waals surface area contributed by atoms with Crippen LogP contribution in [0, 0.1) is 6.92 Å². The van der Waals surface area contributed by atoms with Gasteiger partial charge < -0.3 is 0 Å². The number of benzene rings is 2. The van der Waals surface area contributed by atoms with Crippen molar-refractivity contribution in [1.82, 2.24) is 10.9 Å². The molecule has 0 saturated heterocycles. The van der Waals surface area contributed by atoms with E-state index in [4.69, 9.17) is 0 Å². The van der Waals surface area contributed by atoms with Gasteiger partial charge in [-0.1, -0.05) is 37.9 Å². The minimum absolute atomic E-state index is 0.373. The van der Waals surface area contributed by atoms with Crippen LogP contribution in [0.15, 0.2) is 51.4 Å². The normalized spacial score (nSPS) is 10.0. The third-order valence-electron chi connectivity index (χ3n) is 2.83. The zero-order chi connectivity index (χ0) is 15.4. The number of hydrogen-bond acceptors (Lipinski definition) is 2. The highest BCUT2D eigenvalue weighted by Crippen LogP contribution is 2.17. The molecule has 0 bridgehead atoms. The maximum Gasteiger partial charge on any atom is 0.269 e. The molecule has 0 aromatic heterocycles. The Labute approximate surface area is 139 Å². The van der Waals surface area contributed by atoms with E-state index in [9.17, 15) is 9.59 Å². The summed E-state index contributed by atoms with van der Waals surface area (Å²) < 4.78 is 1.72. The molecule has 0 atom stereocenters. The van der Waals surface area contributed by atoms with Gasteiger partial charge in [-0.15, -0.1) is 0 Å². The lowest BCUT2D eigenvalue weighted by Crippen LogP contribution is -2.41. The van der Waals surface area contributed by atoms with Gasteiger partial charge in [-0.05, 0) is 48.9 Å². The van der Waals surface area contributed by atoms with Crippen molar-refractivity contribution < 1.29 is 9.59 Å². The van der Waals surface area contributed by atoms with Crippen molar-refractivity contribution in [3.05, 3.63) is 68.1 Å². The average molecular weight is 412 g/mol. The first-order valence-corrected chi connectivity index (χ1v) is 7.68. The van der Waals surface area contributed by atoms with Gasteiger partial charge in [0.15, 0.2) is 0 Å². The van der Waals surface area contributed by atoms with Gasteiger partial charge in [0.1, 0.15) is 0 Å². The van der Waals surface area contributed by atoms with E-state index in [1.54, 1.807) is 36.4 Å². The number of carbonyl (C=O) groups excluding carboxylic acids is 2. The summed E-state index contributed by atoms with van der Waals surface area (Å²) in [4.78, 5) is 23.8. The Kier molecular flexibility index (Phi) is 5.14. The lowest BCUT2D eigenvalue weighted by molar-refractivity contribution is 0.0846. The van der Waals surface area contributed by atoms with E-state index in [-0.39, 0.29) is 11.8 Å². The van der Waals surface area contributed by atoms with Crippen molar-refractivity contribution in [3.8, 4) is 0 Å². The Morgan fingerprint density at radius 1 is 0.857 bits per heavy atom. The number of aryl methyl sites for hydroxylation is 1. The summed E-state index contributed by atoms with van der Waals surface area (Å²) in [6.07, 6.45) is 0. The fraction of sp³-hybridized carbons (Fsp3) is 0.0667. The maximum absolute atomic E-state index is 11.9. The molecule has 0 unspecified atom stereocenters. The van der Waals surface area contributed by atoms with Crippen LogP contribution >= 0.6 is 31.9 Å². The Hall–Kier alpha value is -1.66. The lowest BCUT2D eigenvalue weighted by Gasteiger charge is -2.08. The fourth-order valence-corrected chi connectivity index (χ4v) is 2.24. The van der Waals surface area contributed by atoms with Gasteiger partial charge in [0.05, 0.1) is 0 Å². The maximum atomic E-state index is 11.9. The van der Waals surface area contributed by atoms with Crippen LogP contribution in [0.25, 0.3) is 0 Å². The Morgan fingerprint density at radius 3 is 1.95 bits per heavy atom. The van der Waals surface area contributed by atoms with Gasteiger partial charge in [0.25, 0.3) is 11.8 Å². The van der Waals surface area contributed by atoms with Crippen molar-refractivity contribution in [3.63, 3.8) is 0 Å². The third kappa shape index (κ3) is 4.15. The molecule has 21 heavy (non-hydrogen) atoms. The van der Waals surface area contributed by atoms with E-state index in [1.807, 2.05) is 13.0 Å². The van der Waals surface area contributed by atoms with Crippen LogP contribution in [0.3, 0.4) is 0 Å². The molecular formula is C15H12Br2N2O2. The summed E-state index contributed by atoms with van der Waals surface area (Å²) in [5, 5.41) is 0. The summed E-state index contributed by atoms with van der Waals surface area (Å²) in [7, 11) is 0. The quantitative estimate of drug-likeness (QED) is 0.741. The predicted octanol–water partition coefficient (Wildman–Crippen LogP) is 3.59. The van der Waals surface area contributed by atoms with E-state index >= 15 is 0 Å². The molecule has 4 nitrogen and oxygen atoms in total. The Morgan fingerprint density at radius 2 is 1.38 bits per heavy atom. The highest BCUT2D eigenvalue weighted by molar-refractivity contribution is 9.10. The second-order valence-corrected chi connectivity index (χ2v) is 6.15. The fourth-order valence-electron chi connectivity index (χ4n) is 1.59. The van der Waals surface area contributed by atoms with Crippen molar-refractivity contribution in [2.45, 2.75) is 6.92 Å². The molecule has 0 aliphatic heterocycles. The topological polar surface area (TPSA) is 58.2 Å². The van der Waals surface area contributed by atoms with Crippen LogP contribution in [0.2, 0.25) is 0 Å². The largest absolute Gasteiger partial charge is 0.269 e. The lowest BCUT2D eigenvalue weighted by atomic mass is 10.1. The molecule has 0 radical (unpaired) electrons. The van der Waals surface area contributed by atoms with Crippen LogP contribution in [0.5, 0.6) is 0 Å². The van der Waals surface area contributed by atoms with E-state index in [2.05, 4.69) is 42.7 Å². The molecule has 2 aromatic carbocycles. The van der Waals surface area contributed by atoms with Gasteiger partial charge in [0.2, 0.25) is 0 Å². The standard InChI is InChI=1S/C15H12Br2N2O2/c1-9-2-3-11(8-13(9)17)15(21)19-18-14(20)10-4-6-12(16)7-5-10/h2-8H,1H3,(H,18,20)(H,19,21). The van der Waals surface area contributed by atoms with Crippen molar-refractivity contribution in [2.24, 2.45) is 0 Å². The summed E-state index contributed by atoms with van der Waals surface area (Å²) in [5.74, 6) is -0.747. The molecule has 0 aliphatic carbocycles. The van der Waals surface area contributed by atoms with Crippen LogP contribution < -0.4 is 10.9 Å². The zero-order valence-electron chi connectivity index (χ0n) is 11.1. The van der Waals surface area contributed by atoms with Crippen LogP contribution in [-0.2, 0) is 0 Å². The highest BCUT2D eigenvalue weighted by Gasteiger charge is 2.10. The third-order valence-corrected chi connectivity index (χ3v) is 4.21. The molecule has 0 fully saturated rings. The molecule has 2 N–H and O–H groups in total. The summed E-state index contributed by atoms with van der Waals surface area (Å²) in [5.41, 5.74) is 6.73. The smallest absolute Gasteiger partial charge is 0.267 e. The second kappa shape index (κ2) is 6.87. The van der Waals surface area contributed by atoms with E-state index < -0.39 is 0 Å². The first-order valence-electron chi connectivity index (χ1n) is 6.10. The van der Waals surface area contributed by atoms with Gasteiger partial charge >= 0.3 is 0 Å². The number of carbonyl (C=O) groups is 2. The van der Waals surface area contributed by atoms with Crippen molar-refractivity contribution in [1.29, 1.82) is 0 Å². The second-order valence-electron chi connectivity index (χ2n) is 4.38. The van der Waals surface area contributed by atoms with Crippen LogP contribution in [0.1, 0.15) is 26.3 Å². The minimum atomic E-state index is -0.374. The summed E-state index contributed by atoms with van der Waals surface area (Å²) in [6, 6.07) is 12.1. The number of amides is 2. The number of halogens is 2. The van der Waals surface area contributed by atoms with Crippen molar-refractivity contribution >= 4 is 43.7 Å². The van der Waals surface area contributed by atoms with Gasteiger partial charge in [-0.25, -0.2) is 0 Å². The SMILES string of the molecule is Cc1ccc(C(=O)NNC(=O)c2ccc(Br)cc2)cc1Br. The molecular weight excluding hydrogens is 400 g/mol. The number of nitrogens with one attached hydrogen (secondary N) is 2. The molecule has 6 heteroatoms. The minimum Gasteiger partial charge on any atom is -0.267 e. The number of rotatable bonds is 2. The van der Waals surface area contributed by atoms with Crippen LogP contribution in [-0.4, -0.2) is 11.8 Å². The van der Waals surface area contributed by atoms with Gasteiger partial charge in [-0.3, -0.25) is 20.4 Å². The summed E-state index contributed by atoms with van der Waals surface area (Å²) in [6.45, 7) is 1.93.